The smallest absolute Gasteiger partial charge is 0.225 e. The van der Waals surface area contributed by atoms with Crippen molar-refractivity contribution in [1.82, 2.24) is 9.21 Å². The number of carbonyl (C=O) groups excluding carboxylic acids is 1. The summed E-state index contributed by atoms with van der Waals surface area (Å²) in [4.78, 5) is 14.9. The molecule has 7 heteroatoms. The van der Waals surface area contributed by atoms with E-state index >= 15 is 0 Å². The van der Waals surface area contributed by atoms with E-state index in [1.807, 2.05) is 4.90 Å². The molecule has 2 saturated heterocycles. The average molecular weight is 387 g/mol. The lowest BCUT2D eigenvalue weighted by Gasteiger charge is -2.41. The van der Waals surface area contributed by atoms with Gasteiger partial charge in [-0.05, 0) is 56.3 Å². The Hall–Kier alpha value is -0.660. The summed E-state index contributed by atoms with van der Waals surface area (Å²) in [5, 5.41) is 0. The van der Waals surface area contributed by atoms with Crippen LogP contribution in [0.3, 0.4) is 0 Å². The van der Waals surface area contributed by atoms with Gasteiger partial charge >= 0.3 is 0 Å². The van der Waals surface area contributed by atoms with Crippen LogP contribution < -0.4 is 0 Å². The number of hydrogen-bond donors (Lipinski definition) is 0. The number of likely N-dealkylation sites (tertiary alicyclic amines) is 1. The van der Waals surface area contributed by atoms with Crippen LogP contribution >= 0.6 is 0 Å². The molecule has 0 aromatic rings. The van der Waals surface area contributed by atoms with Gasteiger partial charge in [-0.3, -0.25) is 4.79 Å². The summed E-state index contributed by atoms with van der Waals surface area (Å²) in [6, 6.07) is -0.0721. The van der Waals surface area contributed by atoms with E-state index in [0.29, 0.717) is 19.1 Å². The topological polar surface area (TPSA) is 66.9 Å². The van der Waals surface area contributed by atoms with Crippen LogP contribution in [0, 0.1) is 17.3 Å². The molecule has 1 unspecified atom stereocenters. The molecule has 1 aliphatic carbocycles. The van der Waals surface area contributed by atoms with E-state index in [0.717, 1.165) is 64.0 Å². The van der Waals surface area contributed by atoms with Crippen LogP contribution in [-0.4, -0.2) is 69.2 Å². The minimum Gasteiger partial charge on any atom is -0.383 e. The molecule has 0 N–H and O–H groups in total. The van der Waals surface area contributed by atoms with E-state index < -0.39 is 10.0 Å². The van der Waals surface area contributed by atoms with Gasteiger partial charge in [0.25, 0.3) is 0 Å². The SMILES string of the molecule is COCC1CC2(CCN(C(=O)C3CCC(C)CC3)CC2)CN1S(C)(=O)=O. The highest BCUT2D eigenvalue weighted by molar-refractivity contribution is 7.88. The molecule has 1 spiro atoms. The zero-order valence-electron chi connectivity index (χ0n) is 16.4. The van der Waals surface area contributed by atoms with Gasteiger partial charge in [0.1, 0.15) is 0 Å². The summed E-state index contributed by atoms with van der Waals surface area (Å²) in [6.07, 6.45) is 8.31. The quantitative estimate of drug-likeness (QED) is 0.742. The fourth-order valence-electron chi connectivity index (χ4n) is 5.18. The van der Waals surface area contributed by atoms with Gasteiger partial charge in [0.05, 0.1) is 12.9 Å². The first kappa shape index (κ1) is 20.1. The molecule has 3 fully saturated rings. The molecule has 1 amide bonds. The van der Waals surface area contributed by atoms with Crippen molar-refractivity contribution in [3.05, 3.63) is 0 Å². The standard InChI is InChI=1S/C19H34N2O4S/c1-15-4-6-16(7-5-15)18(22)20-10-8-19(9-11-20)12-17(13-25-2)21(14-19)26(3,23)24/h15-17H,4-14H2,1-3H3. The third kappa shape index (κ3) is 4.25. The first-order valence-electron chi connectivity index (χ1n) is 9.99. The molecule has 6 nitrogen and oxygen atoms in total. The predicted molar refractivity (Wildman–Crippen MR) is 101 cm³/mol. The number of amides is 1. The molecule has 2 heterocycles. The van der Waals surface area contributed by atoms with Crippen molar-refractivity contribution in [2.75, 3.05) is 39.6 Å². The Labute approximate surface area is 158 Å². The first-order chi connectivity index (χ1) is 12.2. The maximum absolute atomic E-state index is 12.9. The molecular formula is C19H34N2O4S. The van der Waals surface area contributed by atoms with E-state index in [4.69, 9.17) is 4.74 Å². The Morgan fingerprint density at radius 1 is 1.15 bits per heavy atom. The molecule has 2 aliphatic heterocycles. The summed E-state index contributed by atoms with van der Waals surface area (Å²) in [6.45, 7) is 4.82. The Morgan fingerprint density at radius 2 is 1.77 bits per heavy atom. The molecule has 1 atom stereocenters. The van der Waals surface area contributed by atoms with Crippen molar-refractivity contribution in [3.8, 4) is 0 Å². The maximum atomic E-state index is 12.9. The van der Waals surface area contributed by atoms with E-state index in [1.165, 1.54) is 6.26 Å². The summed E-state index contributed by atoms with van der Waals surface area (Å²) in [5.41, 5.74) is 0.00410. The van der Waals surface area contributed by atoms with Crippen molar-refractivity contribution in [3.63, 3.8) is 0 Å². The number of methoxy groups -OCH3 is 1. The van der Waals surface area contributed by atoms with Gasteiger partial charge in [0.2, 0.25) is 15.9 Å². The van der Waals surface area contributed by atoms with Crippen molar-refractivity contribution in [2.24, 2.45) is 17.3 Å². The number of ether oxygens (including phenoxy) is 1. The summed E-state index contributed by atoms with van der Waals surface area (Å²) < 4.78 is 31.2. The van der Waals surface area contributed by atoms with Crippen LogP contribution in [0.15, 0.2) is 0 Å². The van der Waals surface area contributed by atoms with E-state index in [9.17, 15) is 13.2 Å². The van der Waals surface area contributed by atoms with Gasteiger partial charge in [-0.2, -0.15) is 4.31 Å². The molecule has 150 valence electrons. The third-order valence-corrected chi connectivity index (χ3v) is 8.13. The Bertz CT molecular complexity index is 605. The predicted octanol–water partition coefficient (Wildman–Crippen LogP) is 2.10. The number of nitrogens with zero attached hydrogens (tertiary/aromatic N) is 2. The highest BCUT2D eigenvalue weighted by atomic mass is 32.2. The zero-order chi connectivity index (χ0) is 18.9. The van der Waals surface area contributed by atoms with Gasteiger partial charge in [-0.1, -0.05) is 6.92 Å². The van der Waals surface area contributed by atoms with Crippen molar-refractivity contribution in [2.45, 2.75) is 57.9 Å². The highest BCUT2D eigenvalue weighted by Gasteiger charge is 2.49. The number of hydrogen-bond acceptors (Lipinski definition) is 4. The lowest BCUT2D eigenvalue weighted by Crippen LogP contribution is -2.47. The fourth-order valence-corrected chi connectivity index (χ4v) is 6.36. The Balaban J connectivity index is 1.60. The Morgan fingerprint density at radius 3 is 2.31 bits per heavy atom. The summed E-state index contributed by atoms with van der Waals surface area (Å²) >= 11 is 0. The number of piperidine rings is 1. The van der Waals surface area contributed by atoms with Crippen LogP contribution in [0.4, 0.5) is 0 Å². The van der Waals surface area contributed by atoms with Crippen molar-refractivity contribution < 1.29 is 17.9 Å². The van der Waals surface area contributed by atoms with Gasteiger partial charge in [0.15, 0.2) is 0 Å². The second-order valence-electron chi connectivity index (χ2n) is 8.90. The lowest BCUT2D eigenvalue weighted by atomic mass is 9.76. The zero-order valence-corrected chi connectivity index (χ0v) is 17.3. The molecule has 26 heavy (non-hydrogen) atoms. The third-order valence-electron chi connectivity index (χ3n) is 6.85. The molecular weight excluding hydrogens is 352 g/mol. The van der Waals surface area contributed by atoms with Gasteiger partial charge in [-0.15, -0.1) is 0 Å². The first-order valence-corrected chi connectivity index (χ1v) is 11.8. The summed E-state index contributed by atoms with van der Waals surface area (Å²) in [5.74, 6) is 1.29. The Kier molecular flexibility index (Phi) is 5.99. The molecule has 0 radical (unpaired) electrons. The van der Waals surface area contributed by atoms with E-state index in [-0.39, 0.29) is 17.4 Å². The molecule has 0 aromatic heterocycles. The molecule has 0 bridgehead atoms. The van der Waals surface area contributed by atoms with Crippen LogP contribution in [0.2, 0.25) is 0 Å². The normalized spacial score (nSPS) is 32.9. The molecule has 1 saturated carbocycles. The minimum atomic E-state index is -3.23. The second-order valence-corrected chi connectivity index (χ2v) is 10.8. The highest BCUT2D eigenvalue weighted by Crippen LogP contribution is 2.44. The largest absolute Gasteiger partial charge is 0.383 e. The monoisotopic (exact) mass is 386 g/mol. The molecule has 3 rings (SSSR count). The lowest BCUT2D eigenvalue weighted by molar-refractivity contribution is -0.139. The van der Waals surface area contributed by atoms with Crippen LogP contribution in [0.1, 0.15) is 51.9 Å². The number of carbonyl (C=O) groups is 1. The van der Waals surface area contributed by atoms with Gasteiger partial charge in [0, 0.05) is 38.7 Å². The van der Waals surface area contributed by atoms with Crippen molar-refractivity contribution in [1.29, 1.82) is 0 Å². The van der Waals surface area contributed by atoms with Gasteiger partial charge < -0.3 is 9.64 Å². The van der Waals surface area contributed by atoms with Crippen LogP contribution in [0.25, 0.3) is 0 Å². The summed E-state index contributed by atoms with van der Waals surface area (Å²) in [7, 11) is -1.61. The maximum Gasteiger partial charge on any atom is 0.225 e. The van der Waals surface area contributed by atoms with Gasteiger partial charge in [-0.25, -0.2) is 8.42 Å². The molecule has 0 aromatic carbocycles. The number of rotatable bonds is 4. The van der Waals surface area contributed by atoms with Crippen LogP contribution in [-0.2, 0) is 19.6 Å². The fraction of sp³-hybridized carbons (Fsp3) is 0.947. The minimum absolute atomic E-state index is 0.00410. The second kappa shape index (κ2) is 7.76. The van der Waals surface area contributed by atoms with E-state index in [1.54, 1.807) is 11.4 Å². The molecule has 3 aliphatic rings. The van der Waals surface area contributed by atoms with Crippen LogP contribution in [0.5, 0.6) is 0 Å². The number of sulfonamides is 1. The van der Waals surface area contributed by atoms with E-state index in [2.05, 4.69) is 6.92 Å². The van der Waals surface area contributed by atoms with Crippen molar-refractivity contribution >= 4 is 15.9 Å². The average Bonchev–Trinajstić information content (AvgIpc) is 2.94.